The van der Waals surface area contributed by atoms with Gasteiger partial charge in [-0.3, -0.25) is 10.1 Å². The van der Waals surface area contributed by atoms with Gasteiger partial charge in [0.2, 0.25) is 5.91 Å². The number of carbonyl (C=O) groups excluding carboxylic acids is 1. The normalized spacial score (nSPS) is 35.1. The molecular weight excluding hydrogens is 212 g/mol. The van der Waals surface area contributed by atoms with E-state index < -0.39 is 0 Å². The minimum atomic E-state index is 0.304. The van der Waals surface area contributed by atoms with Gasteiger partial charge < -0.3 is 4.90 Å². The van der Waals surface area contributed by atoms with E-state index in [1.807, 2.05) is 0 Å². The van der Waals surface area contributed by atoms with Gasteiger partial charge >= 0.3 is 0 Å². The summed E-state index contributed by atoms with van der Waals surface area (Å²) < 4.78 is 0. The molecule has 2 aliphatic rings. The molecule has 17 heavy (non-hydrogen) atoms. The van der Waals surface area contributed by atoms with Gasteiger partial charge in [-0.15, -0.1) is 0 Å². The van der Waals surface area contributed by atoms with Crippen molar-refractivity contribution in [1.82, 2.24) is 10.2 Å². The number of hydrogen-bond donors (Lipinski definition) is 1. The van der Waals surface area contributed by atoms with E-state index >= 15 is 0 Å². The zero-order chi connectivity index (χ0) is 12.3. The van der Waals surface area contributed by atoms with Crippen molar-refractivity contribution in [2.75, 3.05) is 6.54 Å². The summed E-state index contributed by atoms with van der Waals surface area (Å²) in [6, 6.07) is 0.483. The number of rotatable bonds is 3. The number of carbonyl (C=O) groups is 1. The highest BCUT2D eigenvalue weighted by molar-refractivity contribution is 5.81. The van der Waals surface area contributed by atoms with Crippen molar-refractivity contribution < 1.29 is 4.79 Å². The second-order valence-electron chi connectivity index (χ2n) is 5.67. The van der Waals surface area contributed by atoms with Crippen molar-refractivity contribution in [2.24, 2.45) is 5.92 Å². The molecule has 1 heterocycles. The second-order valence-corrected chi connectivity index (χ2v) is 5.67. The van der Waals surface area contributed by atoms with E-state index in [4.69, 9.17) is 0 Å². The van der Waals surface area contributed by atoms with Crippen LogP contribution in [0.5, 0.6) is 0 Å². The van der Waals surface area contributed by atoms with Gasteiger partial charge in [0.25, 0.3) is 0 Å². The average molecular weight is 238 g/mol. The molecule has 1 saturated heterocycles. The van der Waals surface area contributed by atoms with Gasteiger partial charge in [0.1, 0.15) is 0 Å². The zero-order valence-electron chi connectivity index (χ0n) is 11.2. The Labute approximate surface area is 105 Å². The predicted octanol–water partition coefficient (Wildman–Crippen LogP) is 2.51. The molecule has 3 unspecified atom stereocenters. The van der Waals surface area contributed by atoms with Gasteiger partial charge in [-0.25, -0.2) is 0 Å². The number of amides is 1. The fourth-order valence-corrected chi connectivity index (χ4v) is 3.39. The van der Waals surface area contributed by atoms with Crippen LogP contribution in [0, 0.1) is 5.92 Å². The first kappa shape index (κ1) is 12.9. The first-order valence-electron chi connectivity index (χ1n) is 7.28. The van der Waals surface area contributed by atoms with Crippen LogP contribution in [0.3, 0.4) is 0 Å². The van der Waals surface area contributed by atoms with Crippen molar-refractivity contribution in [3.63, 3.8) is 0 Å². The van der Waals surface area contributed by atoms with Gasteiger partial charge in [-0.05, 0) is 25.2 Å². The summed E-state index contributed by atoms with van der Waals surface area (Å²) in [6.45, 7) is 5.07. The Balaban J connectivity index is 2.08. The molecule has 0 aromatic rings. The van der Waals surface area contributed by atoms with Crippen molar-refractivity contribution in [2.45, 2.75) is 71.0 Å². The third kappa shape index (κ3) is 2.82. The molecule has 0 aromatic heterocycles. The van der Waals surface area contributed by atoms with Gasteiger partial charge in [0.15, 0.2) is 0 Å². The molecule has 2 rings (SSSR count). The summed E-state index contributed by atoms with van der Waals surface area (Å²) in [6.07, 6.45) is 9.00. The zero-order valence-corrected chi connectivity index (χ0v) is 11.2. The fourth-order valence-electron chi connectivity index (χ4n) is 3.39. The molecule has 2 fully saturated rings. The van der Waals surface area contributed by atoms with E-state index in [1.165, 1.54) is 32.1 Å². The number of nitrogens with one attached hydrogen (secondary N) is 1. The maximum absolute atomic E-state index is 12.1. The molecule has 1 N–H and O–H groups in total. The first-order valence-corrected chi connectivity index (χ1v) is 7.28. The maximum Gasteiger partial charge on any atom is 0.238 e. The van der Waals surface area contributed by atoms with Crippen LogP contribution in [-0.4, -0.2) is 29.6 Å². The van der Waals surface area contributed by atoms with Crippen LogP contribution in [0.2, 0.25) is 0 Å². The Bertz CT molecular complexity index is 267. The molecule has 0 aromatic carbocycles. The summed E-state index contributed by atoms with van der Waals surface area (Å²) in [7, 11) is 0. The summed E-state index contributed by atoms with van der Waals surface area (Å²) in [5.74, 6) is 0.989. The highest BCUT2D eigenvalue weighted by Gasteiger charge is 2.37. The van der Waals surface area contributed by atoms with Crippen LogP contribution < -0.4 is 5.32 Å². The van der Waals surface area contributed by atoms with E-state index in [9.17, 15) is 4.79 Å². The lowest BCUT2D eigenvalue weighted by atomic mass is 9.95. The number of nitrogens with zero attached hydrogens (tertiary/aromatic N) is 1. The van der Waals surface area contributed by atoms with E-state index in [2.05, 4.69) is 24.1 Å². The molecule has 3 heteroatoms. The summed E-state index contributed by atoms with van der Waals surface area (Å²) in [5, 5.41) is 3.37. The van der Waals surface area contributed by atoms with Crippen LogP contribution in [-0.2, 0) is 4.79 Å². The molecule has 0 radical (unpaired) electrons. The smallest absolute Gasteiger partial charge is 0.238 e. The van der Waals surface area contributed by atoms with E-state index in [-0.39, 0.29) is 0 Å². The second kappa shape index (κ2) is 5.85. The minimum Gasteiger partial charge on any atom is -0.323 e. The monoisotopic (exact) mass is 238 g/mol. The van der Waals surface area contributed by atoms with E-state index in [0.29, 0.717) is 30.6 Å². The molecular formula is C14H26N2O. The van der Waals surface area contributed by atoms with Crippen LogP contribution in [0.1, 0.15) is 58.8 Å². The third-order valence-electron chi connectivity index (χ3n) is 4.35. The lowest BCUT2D eigenvalue weighted by molar-refractivity contribution is -0.131. The number of hydrogen-bond acceptors (Lipinski definition) is 2. The van der Waals surface area contributed by atoms with E-state index in [1.54, 1.807) is 0 Å². The third-order valence-corrected chi connectivity index (χ3v) is 4.35. The lowest BCUT2D eigenvalue weighted by Gasteiger charge is -2.35. The van der Waals surface area contributed by atoms with Crippen molar-refractivity contribution in [3.05, 3.63) is 0 Å². The van der Waals surface area contributed by atoms with Crippen molar-refractivity contribution in [1.29, 1.82) is 0 Å². The molecule has 1 aliphatic carbocycles. The Kier molecular flexibility index (Phi) is 4.43. The highest BCUT2D eigenvalue weighted by atomic mass is 16.2. The fraction of sp³-hybridized carbons (Fsp3) is 0.929. The lowest BCUT2D eigenvalue weighted by Crippen LogP contribution is -2.47. The quantitative estimate of drug-likeness (QED) is 0.766. The molecule has 1 aliphatic heterocycles. The highest BCUT2D eigenvalue weighted by Crippen LogP contribution is 2.30. The molecule has 0 bridgehead atoms. The summed E-state index contributed by atoms with van der Waals surface area (Å²) in [4.78, 5) is 14.3. The first-order chi connectivity index (χ1) is 8.24. The predicted molar refractivity (Wildman–Crippen MR) is 69.6 cm³/mol. The van der Waals surface area contributed by atoms with Crippen LogP contribution in [0.15, 0.2) is 0 Å². The summed E-state index contributed by atoms with van der Waals surface area (Å²) >= 11 is 0. The molecule has 3 atom stereocenters. The topological polar surface area (TPSA) is 32.3 Å². The molecule has 0 spiro atoms. The Hall–Kier alpha value is -0.570. The standard InChI is InChI=1S/C14H26N2O/c1-3-7-13-15-10-14(17)16(13)12-9-6-4-5-8-11(12)2/h11-13,15H,3-10H2,1-2H3. The van der Waals surface area contributed by atoms with Crippen molar-refractivity contribution in [3.8, 4) is 0 Å². The molecule has 98 valence electrons. The Morgan fingerprint density at radius 1 is 1.29 bits per heavy atom. The van der Waals surface area contributed by atoms with Crippen molar-refractivity contribution >= 4 is 5.91 Å². The SMILES string of the molecule is CCCC1NCC(=O)N1C1CCCCCC1C. The maximum atomic E-state index is 12.1. The summed E-state index contributed by atoms with van der Waals surface area (Å²) in [5.41, 5.74) is 0. The van der Waals surface area contributed by atoms with Gasteiger partial charge in [-0.2, -0.15) is 0 Å². The Morgan fingerprint density at radius 2 is 2.06 bits per heavy atom. The minimum absolute atomic E-state index is 0.304. The van der Waals surface area contributed by atoms with Crippen LogP contribution in [0.25, 0.3) is 0 Å². The van der Waals surface area contributed by atoms with Gasteiger partial charge in [0.05, 0.1) is 12.7 Å². The van der Waals surface area contributed by atoms with Gasteiger partial charge in [-0.1, -0.05) is 39.5 Å². The van der Waals surface area contributed by atoms with E-state index in [0.717, 1.165) is 12.8 Å². The average Bonchev–Trinajstić information content (AvgIpc) is 2.53. The largest absolute Gasteiger partial charge is 0.323 e. The van der Waals surface area contributed by atoms with Crippen LogP contribution >= 0.6 is 0 Å². The Morgan fingerprint density at radius 3 is 2.82 bits per heavy atom. The molecule has 3 nitrogen and oxygen atoms in total. The molecule has 1 amide bonds. The van der Waals surface area contributed by atoms with Crippen LogP contribution in [0.4, 0.5) is 0 Å². The molecule has 1 saturated carbocycles. The van der Waals surface area contributed by atoms with Gasteiger partial charge in [0, 0.05) is 6.04 Å².